The second-order valence-electron chi connectivity index (χ2n) is 5.05. The van der Waals surface area contributed by atoms with Crippen molar-refractivity contribution >= 4 is 22.8 Å². The Morgan fingerprint density at radius 3 is 2.33 bits per heavy atom. The zero-order chi connectivity index (χ0) is 13.3. The van der Waals surface area contributed by atoms with Crippen LogP contribution in [0.1, 0.15) is 19.8 Å². The molecule has 18 heavy (non-hydrogen) atoms. The maximum Gasteiger partial charge on any atom is 0.329 e. The molecule has 1 unspecified atom stereocenters. The number of carboxylic acid groups (broad SMARTS) is 1. The summed E-state index contributed by atoms with van der Waals surface area (Å²) in [5.74, 6) is -0.0156. The highest BCUT2D eigenvalue weighted by molar-refractivity contribution is 7.85. The van der Waals surface area contributed by atoms with E-state index in [0.29, 0.717) is 24.6 Å². The quantitative estimate of drug-likeness (QED) is 0.759. The van der Waals surface area contributed by atoms with Gasteiger partial charge in [0, 0.05) is 35.4 Å². The van der Waals surface area contributed by atoms with E-state index in [2.05, 4.69) is 5.32 Å². The molecule has 0 spiro atoms. The Morgan fingerprint density at radius 1 is 1.33 bits per heavy atom. The molecule has 1 atom stereocenters. The number of carbonyl (C=O) groups excluding carboxylic acids is 1. The average Bonchev–Trinajstić information content (AvgIpc) is 3.13. The average molecular weight is 274 g/mol. The van der Waals surface area contributed by atoms with Crippen LogP contribution in [0.3, 0.4) is 0 Å². The molecule has 0 bridgehead atoms. The fourth-order valence-corrected chi connectivity index (χ4v) is 3.19. The molecule has 1 aliphatic carbocycles. The van der Waals surface area contributed by atoms with Gasteiger partial charge < -0.3 is 15.3 Å². The third-order valence-corrected chi connectivity index (χ3v) is 4.95. The van der Waals surface area contributed by atoms with Crippen molar-refractivity contribution in [3.8, 4) is 0 Å². The van der Waals surface area contributed by atoms with Gasteiger partial charge in [-0.3, -0.25) is 4.21 Å². The Balaban J connectivity index is 1.97. The highest BCUT2D eigenvalue weighted by Crippen LogP contribution is 2.39. The summed E-state index contributed by atoms with van der Waals surface area (Å²) in [5, 5.41) is 11.9. The predicted molar refractivity (Wildman–Crippen MR) is 66.7 cm³/mol. The lowest BCUT2D eigenvalue weighted by Crippen LogP contribution is -2.59. The molecule has 1 saturated heterocycles. The lowest BCUT2D eigenvalue weighted by atomic mass is 9.96. The fourth-order valence-electron chi connectivity index (χ4n) is 2.13. The van der Waals surface area contributed by atoms with Crippen molar-refractivity contribution in [3.63, 3.8) is 0 Å². The molecule has 2 fully saturated rings. The van der Waals surface area contributed by atoms with Crippen molar-refractivity contribution < 1.29 is 18.9 Å². The van der Waals surface area contributed by atoms with E-state index in [4.69, 9.17) is 0 Å². The largest absolute Gasteiger partial charge is 0.480 e. The van der Waals surface area contributed by atoms with E-state index >= 15 is 0 Å². The zero-order valence-electron chi connectivity index (χ0n) is 10.3. The molecular formula is C11H18N2O4S. The first kappa shape index (κ1) is 13.3. The summed E-state index contributed by atoms with van der Waals surface area (Å²) < 4.78 is 11.2. The molecular weight excluding hydrogens is 256 g/mol. The van der Waals surface area contributed by atoms with Crippen LogP contribution in [0, 0.1) is 5.92 Å². The van der Waals surface area contributed by atoms with E-state index in [1.54, 1.807) is 11.8 Å². The number of amides is 2. The second kappa shape index (κ2) is 4.87. The number of nitrogens with zero attached hydrogens (tertiary/aromatic N) is 1. The van der Waals surface area contributed by atoms with Crippen LogP contribution in [0.4, 0.5) is 4.79 Å². The van der Waals surface area contributed by atoms with Gasteiger partial charge in [-0.05, 0) is 25.7 Å². The number of carboxylic acids is 1. The van der Waals surface area contributed by atoms with Crippen LogP contribution in [0.15, 0.2) is 0 Å². The minimum atomic E-state index is -1.17. The summed E-state index contributed by atoms with van der Waals surface area (Å²) >= 11 is 0. The Morgan fingerprint density at radius 2 is 1.89 bits per heavy atom. The van der Waals surface area contributed by atoms with Crippen LogP contribution in [-0.4, -0.2) is 56.3 Å². The van der Waals surface area contributed by atoms with Gasteiger partial charge in [0.15, 0.2) is 0 Å². The lowest BCUT2D eigenvalue weighted by molar-refractivity contribution is -0.144. The normalized spacial score (nSPS) is 24.4. The number of carbonyl (C=O) groups is 2. The third-order valence-electron chi connectivity index (χ3n) is 3.67. The number of urea groups is 1. The summed E-state index contributed by atoms with van der Waals surface area (Å²) in [7, 11) is -0.844. The van der Waals surface area contributed by atoms with Gasteiger partial charge in [-0.15, -0.1) is 0 Å². The van der Waals surface area contributed by atoms with Crippen molar-refractivity contribution in [2.75, 3.05) is 24.6 Å². The van der Waals surface area contributed by atoms with Gasteiger partial charge in [0.2, 0.25) is 0 Å². The molecule has 7 heteroatoms. The minimum absolute atomic E-state index is 0.0258. The lowest BCUT2D eigenvalue weighted by Gasteiger charge is -2.32. The van der Waals surface area contributed by atoms with E-state index in [9.17, 15) is 18.9 Å². The summed E-state index contributed by atoms with van der Waals surface area (Å²) in [5.41, 5.74) is -1.17. The fraction of sp³-hybridized carbons (Fsp3) is 0.818. The SMILES string of the molecule is CC(NC(=O)N1CCS(=O)CC1)(C(=O)O)C1CC1. The topological polar surface area (TPSA) is 86.7 Å². The molecule has 1 aliphatic heterocycles. The summed E-state index contributed by atoms with van der Waals surface area (Å²) in [4.78, 5) is 24.8. The third kappa shape index (κ3) is 2.66. The number of hydrogen-bond donors (Lipinski definition) is 2. The Hall–Kier alpha value is -1.11. The van der Waals surface area contributed by atoms with E-state index in [1.165, 1.54) is 0 Å². The smallest absolute Gasteiger partial charge is 0.329 e. The van der Waals surface area contributed by atoms with Crippen LogP contribution in [-0.2, 0) is 15.6 Å². The number of hydrogen-bond acceptors (Lipinski definition) is 3. The Labute approximate surface area is 108 Å². The van der Waals surface area contributed by atoms with Crippen LogP contribution >= 0.6 is 0 Å². The van der Waals surface area contributed by atoms with Crippen molar-refractivity contribution in [3.05, 3.63) is 0 Å². The monoisotopic (exact) mass is 274 g/mol. The molecule has 1 saturated carbocycles. The molecule has 6 nitrogen and oxygen atoms in total. The highest BCUT2D eigenvalue weighted by Gasteiger charge is 2.49. The molecule has 2 aliphatic rings. The van der Waals surface area contributed by atoms with Crippen molar-refractivity contribution in [1.29, 1.82) is 0 Å². The van der Waals surface area contributed by atoms with Gasteiger partial charge in [-0.2, -0.15) is 0 Å². The molecule has 2 amide bonds. The first-order chi connectivity index (χ1) is 8.43. The predicted octanol–water partition coefficient (Wildman–Crippen LogP) is 0.0136. The van der Waals surface area contributed by atoms with Gasteiger partial charge in [0.05, 0.1) is 0 Å². The molecule has 1 heterocycles. The molecule has 0 aromatic heterocycles. The van der Waals surface area contributed by atoms with Crippen LogP contribution in [0.25, 0.3) is 0 Å². The first-order valence-corrected chi connectivity index (χ1v) is 7.58. The van der Waals surface area contributed by atoms with E-state index in [-0.39, 0.29) is 11.9 Å². The van der Waals surface area contributed by atoms with Gasteiger partial charge >= 0.3 is 12.0 Å². The van der Waals surface area contributed by atoms with E-state index in [0.717, 1.165) is 12.8 Å². The van der Waals surface area contributed by atoms with Crippen LogP contribution in [0.5, 0.6) is 0 Å². The highest BCUT2D eigenvalue weighted by atomic mass is 32.2. The van der Waals surface area contributed by atoms with Gasteiger partial charge in [0.1, 0.15) is 5.54 Å². The van der Waals surface area contributed by atoms with E-state index in [1.807, 2.05) is 0 Å². The number of rotatable bonds is 3. The summed E-state index contributed by atoms with van der Waals surface area (Å²) in [6.45, 7) is 2.42. The maximum atomic E-state index is 12.0. The van der Waals surface area contributed by atoms with Gasteiger partial charge in [-0.25, -0.2) is 9.59 Å². The molecule has 0 aromatic carbocycles. The zero-order valence-corrected chi connectivity index (χ0v) is 11.2. The maximum absolute atomic E-state index is 12.0. The molecule has 2 rings (SSSR count). The molecule has 0 aromatic rings. The number of aliphatic carboxylic acids is 1. The molecule has 2 N–H and O–H groups in total. The Bertz CT molecular complexity index is 387. The first-order valence-electron chi connectivity index (χ1n) is 6.09. The second-order valence-corrected chi connectivity index (χ2v) is 6.74. The minimum Gasteiger partial charge on any atom is -0.480 e. The standard InChI is InChI=1S/C11H18N2O4S/c1-11(9(14)15,8-2-3-8)12-10(16)13-4-6-18(17)7-5-13/h8H,2-7H2,1H3,(H,12,16)(H,14,15). The van der Waals surface area contributed by atoms with E-state index < -0.39 is 22.3 Å². The summed E-state index contributed by atoms with van der Waals surface area (Å²) in [6, 6.07) is -0.358. The van der Waals surface area contributed by atoms with Gasteiger partial charge in [0.25, 0.3) is 0 Å². The Kier molecular flexibility index (Phi) is 3.61. The van der Waals surface area contributed by atoms with Crippen molar-refractivity contribution in [1.82, 2.24) is 10.2 Å². The van der Waals surface area contributed by atoms with Crippen LogP contribution < -0.4 is 5.32 Å². The molecule has 0 radical (unpaired) electrons. The summed E-state index contributed by atoms with van der Waals surface area (Å²) in [6.07, 6.45) is 1.68. The number of nitrogens with one attached hydrogen (secondary N) is 1. The van der Waals surface area contributed by atoms with Crippen molar-refractivity contribution in [2.45, 2.75) is 25.3 Å². The van der Waals surface area contributed by atoms with Crippen LogP contribution in [0.2, 0.25) is 0 Å². The van der Waals surface area contributed by atoms with Crippen molar-refractivity contribution in [2.24, 2.45) is 5.92 Å². The molecule has 102 valence electrons. The van der Waals surface area contributed by atoms with Gasteiger partial charge in [-0.1, -0.05) is 0 Å².